The Balaban J connectivity index is 3.62. The van der Waals surface area contributed by atoms with Gasteiger partial charge in [0.15, 0.2) is 0 Å². The standard InChI is InChI=1S/C10H18N2O6S/c1-18-10(15)8(13)5-3-2-4-6-9(14)12-7-19(11,16)17/h2-7H2,1H3,(H,12,14)(H2,11,16,17). The molecule has 0 bridgehead atoms. The molecule has 0 aromatic rings. The van der Waals surface area contributed by atoms with Crippen molar-refractivity contribution in [3.63, 3.8) is 0 Å². The lowest BCUT2D eigenvalue weighted by molar-refractivity contribution is -0.151. The Morgan fingerprint density at radius 2 is 1.68 bits per heavy atom. The summed E-state index contributed by atoms with van der Waals surface area (Å²) in [5, 5.41) is 6.87. The molecule has 0 atom stereocenters. The van der Waals surface area contributed by atoms with E-state index in [1.807, 2.05) is 0 Å². The van der Waals surface area contributed by atoms with E-state index in [1.165, 1.54) is 0 Å². The minimum Gasteiger partial charge on any atom is -0.463 e. The second kappa shape index (κ2) is 8.59. The number of carbonyl (C=O) groups excluding carboxylic acids is 3. The minimum absolute atomic E-state index is 0.0749. The smallest absolute Gasteiger partial charge is 0.374 e. The molecule has 0 radical (unpaired) electrons. The largest absolute Gasteiger partial charge is 0.463 e. The predicted octanol–water partition coefficient (Wildman–Crippen LogP) is -0.959. The van der Waals surface area contributed by atoms with E-state index in [4.69, 9.17) is 5.14 Å². The maximum Gasteiger partial charge on any atom is 0.374 e. The van der Waals surface area contributed by atoms with Crippen molar-refractivity contribution in [3.8, 4) is 0 Å². The van der Waals surface area contributed by atoms with E-state index < -0.39 is 33.6 Å². The third-order valence-corrected chi connectivity index (χ3v) is 2.74. The number of unbranched alkanes of at least 4 members (excludes halogenated alkanes) is 2. The number of sulfonamides is 1. The van der Waals surface area contributed by atoms with Gasteiger partial charge in [-0.15, -0.1) is 0 Å². The highest BCUT2D eigenvalue weighted by Gasteiger charge is 2.12. The summed E-state index contributed by atoms with van der Waals surface area (Å²) >= 11 is 0. The van der Waals surface area contributed by atoms with Crippen molar-refractivity contribution in [1.29, 1.82) is 0 Å². The number of nitrogens with two attached hydrogens (primary N) is 1. The number of Topliss-reactive ketones (excluding diaryl/α,β-unsaturated/α-hetero) is 1. The van der Waals surface area contributed by atoms with Gasteiger partial charge in [-0.05, 0) is 12.8 Å². The van der Waals surface area contributed by atoms with E-state index in [1.54, 1.807) is 0 Å². The van der Waals surface area contributed by atoms with Crippen LogP contribution in [-0.2, 0) is 29.1 Å². The molecule has 0 fully saturated rings. The first kappa shape index (κ1) is 17.5. The minimum atomic E-state index is -3.71. The predicted molar refractivity (Wildman–Crippen MR) is 66.2 cm³/mol. The Hall–Kier alpha value is -1.48. The Morgan fingerprint density at radius 3 is 2.21 bits per heavy atom. The number of ketones is 1. The van der Waals surface area contributed by atoms with Gasteiger partial charge in [-0.25, -0.2) is 18.4 Å². The molecule has 0 spiro atoms. The van der Waals surface area contributed by atoms with Gasteiger partial charge >= 0.3 is 5.97 Å². The average molecular weight is 294 g/mol. The monoisotopic (exact) mass is 294 g/mol. The van der Waals surface area contributed by atoms with E-state index in [0.29, 0.717) is 19.3 Å². The number of methoxy groups -OCH3 is 1. The summed E-state index contributed by atoms with van der Waals surface area (Å²) in [7, 11) is -2.57. The van der Waals surface area contributed by atoms with E-state index in [0.717, 1.165) is 7.11 Å². The number of esters is 1. The molecule has 0 aromatic heterocycles. The third kappa shape index (κ3) is 10.2. The van der Waals surface area contributed by atoms with Gasteiger partial charge in [-0.3, -0.25) is 9.59 Å². The van der Waals surface area contributed by atoms with Gasteiger partial charge in [0.1, 0.15) is 5.88 Å². The van der Waals surface area contributed by atoms with Crippen LogP contribution in [0.2, 0.25) is 0 Å². The van der Waals surface area contributed by atoms with Crippen LogP contribution >= 0.6 is 0 Å². The molecule has 3 N–H and O–H groups in total. The molecule has 0 aliphatic heterocycles. The van der Waals surface area contributed by atoms with Gasteiger partial charge in [-0.1, -0.05) is 6.42 Å². The lowest BCUT2D eigenvalue weighted by Gasteiger charge is -2.03. The first-order valence-electron chi connectivity index (χ1n) is 5.64. The summed E-state index contributed by atoms with van der Waals surface area (Å²) in [6.45, 7) is 0. The van der Waals surface area contributed by atoms with Crippen LogP contribution in [0.15, 0.2) is 0 Å². The number of nitrogens with one attached hydrogen (secondary N) is 1. The van der Waals surface area contributed by atoms with Crippen LogP contribution in [0.3, 0.4) is 0 Å². The molecule has 0 aliphatic rings. The SMILES string of the molecule is COC(=O)C(=O)CCCCCC(=O)NCS(N)(=O)=O. The Labute approximate surface area is 111 Å². The molecule has 0 saturated carbocycles. The zero-order valence-corrected chi connectivity index (χ0v) is 11.5. The lowest BCUT2D eigenvalue weighted by Crippen LogP contribution is -2.32. The van der Waals surface area contributed by atoms with Crippen molar-refractivity contribution in [2.75, 3.05) is 13.0 Å². The Kier molecular flexibility index (Phi) is 7.92. The van der Waals surface area contributed by atoms with Crippen LogP contribution in [0.5, 0.6) is 0 Å². The molecular formula is C10H18N2O6S. The number of hydrogen-bond donors (Lipinski definition) is 2. The molecule has 19 heavy (non-hydrogen) atoms. The molecule has 0 saturated heterocycles. The fourth-order valence-electron chi connectivity index (χ4n) is 1.23. The highest BCUT2D eigenvalue weighted by atomic mass is 32.2. The quantitative estimate of drug-likeness (QED) is 0.320. The van der Waals surface area contributed by atoms with E-state index in [-0.39, 0.29) is 12.8 Å². The van der Waals surface area contributed by atoms with Crippen molar-refractivity contribution in [3.05, 3.63) is 0 Å². The molecule has 0 unspecified atom stereocenters. The average Bonchev–Trinajstić information content (AvgIpc) is 2.33. The Morgan fingerprint density at radius 1 is 1.11 bits per heavy atom. The van der Waals surface area contributed by atoms with Crippen molar-refractivity contribution < 1.29 is 27.5 Å². The molecule has 8 nitrogen and oxygen atoms in total. The first-order chi connectivity index (χ1) is 8.76. The summed E-state index contributed by atoms with van der Waals surface area (Å²) in [4.78, 5) is 33.0. The van der Waals surface area contributed by atoms with Crippen LogP contribution in [-0.4, -0.2) is 39.1 Å². The summed E-state index contributed by atoms with van der Waals surface area (Å²) in [6.07, 6.45) is 1.75. The van der Waals surface area contributed by atoms with Crippen molar-refractivity contribution >= 4 is 27.7 Å². The first-order valence-corrected chi connectivity index (χ1v) is 7.36. The van der Waals surface area contributed by atoms with Crippen LogP contribution in [0.25, 0.3) is 0 Å². The summed E-state index contributed by atoms with van der Waals surface area (Å²) < 4.78 is 25.4. The second-order valence-corrected chi connectivity index (χ2v) is 5.50. The van der Waals surface area contributed by atoms with Crippen molar-refractivity contribution in [2.24, 2.45) is 5.14 Å². The molecular weight excluding hydrogens is 276 g/mol. The summed E-state index contributed by atoms with van der Waals surface area (Å²) in [6, 6.07) is 0. The topological polar surface area (TPSA) is 133 Å². The van der Waals surface area contributed by atoms with Gasteiger partial charge in [0.05, 0.1) is 7.11 Å². The zero-order chi connectivity index (χ0) is 14.9. The van der Waals surface area contributed by atoms with Gasteiger partial charge in [-0.2, -0.15) is 0 Å². The molecule has 0 rings (SSSR count). The van der Waals surface area contributed by atoms with Crippen LogP contribution < -0.4 is 10.5 Å². The maximum absolute atomic E-state index is 11.2. The number of ether oxygens (including phenoxy) is 1. The van der Waals surface area contributed by atoms with Gasteiger partial charge in [0.25, 0.3) is 0 Å². The zero-order valence-electron chi connectivity index (χ0n) is 10.7. The number of carbonyl (C=O) groups is 3. The number of hydrogen-bond acceptors (Lipinski definition) is 6. The van der Waals surface area contributed by atoms with Crippen LogP contribution in [0.4, 0.5) is 0 Å². The normalized spacial score (nSPS) is 10.8. The summed E-state index contributed by atoms with van der Waals surface area (Å²) in [5.41, 5.74) is 0. The van der Waals surface area contributed by atoms with Crippen molar-refractivity contribution in [2.45, 2.75) is 32.1 Å². The van der Waals surface area contributed by atoms with E-state index >= 15 is 0 Å². The molecule has 0 heterocycles. The molecule has 0 aromatic carbocycles. The Bertz CT molecular complexity index is 431. The lowest BCUT2D eigenvalue weighted by atomic mass is 10.1. The van der Waals surface area contributed by atoms with E-state index in [2.05, 4.69) is 10.1 Å². The number of rotatable bonds is 9. The maximum atomic E-state index is 11.2. The van der Waals surface area contributed by atoms with Crippen LogP contribution in [0.1, 0.15) is 32.1 Å². The van der Waals surface area contributed by atoms with Gasteiger partial charge in [0.2, 0.25) is 21.7 Å². The third-order valence-electron chi connectivity index (χ3n) is 2.19. The number of amides is 1. The molecule has 1 amide bonds. The van der Waals surface area contributed by atoms with Crippen molar-refractivity contribution in [1.82, 2.24) is 5.32 Å². The van der Waals surface area contributed by atoms with Gasteiger partial charge < -0.3 is 10.1 Å². The van der Waals surface area contributed by atoms with Gasteiger partial charge in [0, 0.05) is 12.8 Å². The highest BCUT2D eigenvalue weighted by Crippen LogP contribution is 2.04. The fourth-order valence-corrected chi connectivity index (χ4v) is 1.60. The molecule has 0 aliphatic carbocycles. The second-order valence-electron chi connectivity index (χ2n) is 3.88. The number of primary sulfonamides is 1. The molecule has 9 heteroatoms. The fraction of sp³-hybridized carbons (Fsp3) is 0.700. The molecule has 110 valence electrons. The highest BCUT2D eigenvalue weighted by molar-refractivity contribution is 7.89. The van der Waals surface area contributed by atoms with E-state index in [9.17, 15) is 22.8 Å². The van der Waals surface area contributed by atoms with Crippen LogP contribution in [0, 0.1) is 0 Å². The summed E-state index contributed by atoms with van der Waals surface area (Å²) in [5.74, 6) is -2.48.